The molecule has 0 radical (unpaired) electrons. The number of imidazole rings is 1. The monoisotopic (exact) mass is 328 g/mol. The van der Waals surface area contributed by atoms with Gasteiger partial charge in [0, 0.05) is 10.6 Å². The standard InChI is InChI=1S/C18H20N2O2S/c1-5-14-12(4)20-17(13-7-6-10(2)11(3)8-13)15(9-16(21)22)23-18(20)19-14/h6-8H,5,9H2,1-4H3,(H,21,22). The number of carboxylic acids is 1. The summed E-state index contributed by atoms with van der Waals surface area (Å²) in [7, 11) is 0. The van der Waals surface area contributed by atoms with Crippen molar-refractivity contribution in [1.29, 1.82) is 0 Å². The van der Waals surface area contributed by atoms with Gasteiger partial charge in [0.25, 0.3) is 0 Å². The van der Waals surface area contributed by atoms with Crippen molar-refractivity contribution >= 4 is 22.3 Å². The minimum atomic E-state index is -0.812. The summed E-state index contributed by atoms with van der Waals surface area (Å²) in [6.07, 6.45) is 0.901. The van der Waals surface area contributed by atoms with Crippen molar-refractivity contribution in [3.63, 3.8) is 0 Å². The van der Waals surface area contributed by atoms with E-state index in [4.69, 9.17) is 0 Å². The molecule has 0 unspecified atom stereocenters. The predicted molar refractivity (Wildman–Crippen MR) is 93.4 cm³/mol. The van der Waals surface area contributed by atoms with Crippen LogP contribution in [0.1, 0.15) is 34.3 Å². The van der Waals surface area contributed by atoms with Crippen molar-refractivity contribution in [2.24, 2.45) is 0 Å². The minimum Gasteiger partial charge on any atom is -0.481 e. The predicted octanol–water partition coefficient (Wildman–Crippen LogP) is 4.18. The van der Waals surface area contributed by atoms with Crippen LogP contribution in [-0.4, -0.2) is 20.5 Å². The third-order valence-corrected chi connectivity index (χ3v) is 5.34. The van der Waals surface area contributed by atoms with Crippen LogP contribution in [-0.2, 0) is 17.6 Å². The van der Waals surface area contributed by atoms with Gasteiger partial charge in [0.2, 0.25) is 0 Å². The number of hydrogen-bond acceptors (Lipinski definition) is 3. The first kappa shape index (κ1) is 15.7. The Morgan fingerprint density at radius 1 is 1.26 bits per heavy atom. The molecular formula is C18H20N2O2S. The topological polar surface area (TPSA) is 54.6 Å². The number of carbonyl (C=O) groups is 1. The Morgan fingerprint density at radius 3 is 2.61 bits per heavy atom. The molecule has 0 aliphatic heterocycles. The highest BCUT2D eigenvalue weighted by Gasteiger charge is 2.21. The molecule has 3 aromatic rings. The molecule has 120 valence electrons. The van der Waals surface area contributed by atoms with E-state index in [1.807, 2.05) is 0 Å². The lowest BCUT2D eigenvalue weighted by Gasteiger charge is -2.08. The first-order valence-electron chi connectivity index (χ1n) is 7.71. The Bertz CT molecular complexity index is 906. The largest absolute Gasteiger partial charge is 0.481 e. The zero-order valence-electron chi connectivity index (χ0n) is 13.8. The van der Waals surface area contributed by atoms with Crippen LogP contribution in [0.5, 0.6) is 0 Å². The summed E-state index contributed by atoms with van der Waals surface area (Å²) >= 11 is 1.48. The van der Waals surface area contributed by atoms with Gasteiger partial charge in [0.15, 0.2) is 4.96 Å². The molecule has 0 aliphatic carbocycles. The number of rotatable bonds is 4. The second-order valence-electron chi connectivity index (χ2n) is 5.86. The molecule has 0 spiro atoms. The molecule has 3 rings (SSSR count). The Hall–Kier alpha value is -2.14. The minimum absolute atomic E-state index is 0.0250. The number of nitrogens with zero attached hydrogens (tertiary/aromatic N) is 2. The summed E-state index contributed by atoms with van der Waals surface area (Å²) in [6.45, 7) is 8.31. The molecular weight excluding hydrogens is 308 g/mol. The van der Waals surface area contributed by atoms with Crippen molar-refractivity contribution < 1.29 is 9.90 Å². The number of aliphatic carboxylic acids is 1. The fraction of sp³-hybridized carbons (Fsp3) is 0.333. The SMILES string of the molecule is CCc1nc2sc(CC(=O)O)c(-c3ccc(C)c(C)c3)n2c1C. The summed E-state index contributed by atoms with van der Waals surface area (Å²) in [5.74, 6) is -0.812. The fourth-order valence-corrected chi connectivity index (χ4v) is 4.10. The number of benzene rings is 1. The van der Waals surface area contributed by atoms with Gasteiger partial charge in [0.05, 0.1) is 17.8 Å². The third-order valence-electron chi connectivity index (χ3n) is 4.30. The first-order valence-corrected chi connectivity index (χ1v) is 8.53. The zero-order chi connectivity index (χ0) is 16.7. The number of aryl methyl sites for hydroxylation is 4. The molecule has 23 heavy (non-hydrogen) atoms. The summed E-state index contributed by atoms with van der Waals surface area (Å²) in [5.41, 5.74) is 6.64. The van der Waals surface area contributed by atoms with E-state index in [9.17, 15) is 9.90 Å². The Labute approximate surface area is 139 Å². The lowest BCUT2D eigenvalue weighted by atomic mass is 10.0. The molecule has 1 N–H and O–H groups in total. The van der Waals surface area contributed by atoms with E-state index in [2.05, 4.69) is 55.3 Å². The lowest BCUT2D eigenvalue weighted by Crippen LogP contribution is -2.01. The number of carboxylic acid groups (broad SMARTS) is 1. The molecule has 0 saturated carbocycles. The number of thiazole rings is 1. The second kappa shape index (κ2) is 5.81. The Balaban J connectivity index is 2.31. The van der Waals surface area contributed by atoms with Gasteiger partial charge in [-0.05, 0) is 49.9 Å². The Morgan fingerprint density at radius 2 is 2.00 bits per heavy atom. The molecule has 0 amide bonds. The first-order chi connectivity index (χ1) is 10.9. The highest BCUT2D eigenvalue weighted by molar-refractivity contribution is 7.17. The second-order valence-corrected chi connectivity index (χ2v) is 6.92. The van der Waals surface area contributed by atoms with Gasteiger partial charge in [0.1, 0.15) is 0 Å². The van der Waals surface area contributed by atoms with Crippen LogP contribution < -0.4 is 0 Å². The maximum atomic E-state index is 11.3. The molecule has 2 heterocycles. The molecule has 0 fully saturated rings. The van der Waals surface area contributed by atoms with Crippen molar-refractivity contribution in [1.82, 2.24) is 9.38 Å². The molecule has 0 saturated heterocycles. The van der Waals surface area contributed by atoms with Crippen LogP contribution >= 0.6 is 11.3 Å². The highest BCUT2D eigenvalue weighted by Crippen LogP contribution is 2.35. The van der Waals surface area contributed by atoms with E-state index >= 15 is 0 Å². The van der Waals surface area contributed by atoms with Gasteiger partial charge >= 0.3 is 5.97 Å². The van der Waals surface area contributed by atoms with Crippen LogP contribution in [0.2, 0.25) is 0 Å². The maximum absolute atomic E-state index is 11.3. The van der Waals surface area contributed by atoms with E-state index in [1.54, 1.807) is 0 Å². The van der Waals surface area contributed by atoms with Gasteiger partial charge in [-0.1, -0.05) is 19.1 Å². The third kappa shape index (κ3) is 2.65. The summed E-state index contributed by atoms with van der Waals surface area (Å²) in [6, 6.07) is 6.29. The molecule has 0 atom stereocenters. The number of aromatic nitrogens is 2. The zero-order valence-corrected chi connectivity index (χ0v) is 14.6. The van der Waals surface area contributed by atoms with Gasteiger partial charge in [-0.15, -0.1) is 11.3 Å². The smallest absolute Gasteiger partial charge is 0.308 e. The molecule has 4 nitrogen and oxygen atoms in total. The van der Waals surface area contributed by atoms with Crippen LogP contribution in [0.4, 0.5) is 0 Å². The van der Waals surface area contributed by atoms with Crippen LogP contribution in [0.15, 0.2) is 18.2 Å². The van der Waals surface area contributed by atoms with E-state index in [-0.39, 0.29) is 6.42 Å². The van der Waals surface area contributed by atoms with Gasteiger partial charge < -0.3 is 5.11 Å². The van der Waals surface area contributed by atoms with Crippen molar-refractivity contribution in [3.05, 3.63) is 45.6 Å². The number of hydrogen-bond donors (Lipinski definition) is 1. The molecule has 0 bridgehead atoms. The molecule has 1 aromatic carbocycles. The summed E-state index contributed by atoms with van der Waals surface area (Å²) in [5, 5.41) is 9.25. The van der Waals surface area contributed by atoms with Gasteiger partial charge in [-0.2, -0.15) is 0 Å². The fourth-order valence-electron chi connectivity index (χ4n) is 2.90. The highest BCUT2D eigenvalue weighted by atomic mass is 32.1. The van der Waals surface area contributed by atoms with Gasteiger partial charge in [-0.25, -0.2) is 4.98 Å². The van der Waals surface area contributed by atoms with Crippen LogP contribution in [0.3, 0.4) is 0 Å². The molecule has 5 heteroatoms. The van der Waals surface area contributed by atoms with Crippen LogP contribution in [0, 0.1) is 20.8 Å². The van der Waals surface area contributed by atoms with E-state index in [1.165, 1.54) is 22.5 Å². The summed E-state index contributed by atoms with van der Waals surface area (Å²) in [4.78, 5) is 17.7. The normalized spacial score (nSPS) is 11.3. The van der Waals surface area contributed by atoms with Crippen molar-refractivity contribution in [2.45, 2.75) is 40.5 Å². The van der Waals surface area contributed by atoms with E-state index in [0.29, 0.717) is 0 Å². The van der Waals surface area contributed by atoms with Crippen molar-refractivity contribution in [3.8, 4) is 11.3 Å². The number of fused-ring (bicyclic) bond motifs is 1. The maximum Gasteiger partial charge on any atom is 0.308 e. The van der Waals surface area contributed by atoms with Crippen molar-refractivity contribution in [2.75, 3.05) is 0 Å². The average molecular weight is 328 g/mol. The molecule has 2 aromatic heterocycles. The quantitative estimate of drug-likeness (QED) is 0.782. The van der Waals surface area contributed by atoms with E-state index < -0.39 is 5.97 Å². The van der Waals surface area contributed by atoms with Gasteiger partial charge in [-0.3, -0.25) is 9.20 Å². The summed E-state index contributed by atoms with van der Waals surface area (Å²) < 4.78 is 2.12. The molecule has 0 aliphatic rings. The average Bonchev–Trinajstić information content (AvgIpc) is 2.98. The van der Waals surface area contributed by atoms with Crippen LogP contribution in [0.25, 0.3) is 16.2 Å². The van der Waals surface area contributed by atoms with E-state index in [0.717, 1.165) is 38.9 Å². The Kier molecular flexibility index (Phi) is 3.98. The lowest BCUT2D eigenvalue weighted by molar-refractivity contribution is -0.136.